The van der Waals surface area contributed by atoms with E-state index in [1.807, 2.05) is 45.3 Å². The Kier molecular flexibility index (Phi) is 6.34. The zero-order valence-corrected chi connectivity index (χ0v) is 20.8. The lowest BCUT2D eigenvalue weighted by molar-refractivity contribution is 0.0943. The molecule has 0 radical (unpaired) electrons. The lowest BCUT2D eigenvalue weighted by atomic mass is 10.0. The summed E-state index contributed by atoms with van der Waals surface area (Å²) in [5.74, 6) is 1.01. The molecular weight excluding hydrogens is 436 g/mol. The van der Waals surface area contributed by atoms with Crippen LogP contribution in [0.3, 0.4) is 0 Å². The molecule has 1 aliphatic rings. The van der Waals surface area contributed by atoms with E-state index in [2.05, 4.69) is 46.4 Å². The molecule has 7 nitrogen and oxygen atoms in total. The predicted octanol–water partition coefficient (Wildman–Crippen LogP) is 4.60. The molecule has 1 unspecified atom stereocenters. The van der Waals surface area contributed by atoms with Gasteiger partial charge in [0.05, 0.1) is 22.7 Å². The van der Waals surface area contributed by atoms with Crippen LogP contribution in [0.15, 0.2) is 54.7 Å². The second-order valence-corrected chi connectivity index (χ2v) is 9.54. The zero-order chi connectivity index (χ0) is 24.5. The molecule has 1 atom stereocenters. The highest BCUT2D eigenvalue weighted by molar-refractivity contribution is 6.06. The van der Waals surface area contributed by atoms with Gasteiger partial charge in [0.1, 0.15) is 0 Å². The second kappa shape index (κ2) is 9.58. The minimum Gasteiger partial charge on any atom is -0.350 e. The average molecular weight is 469 g/mol. The number of pyridine rings is 2. The number of carbonyl (C=O) groups is 1. The number of likely N-dealkylation sites (N-methyl/N-ethyl adjacent to an activating group) is 1. The van der Waals surface area contributed by atoms with E-state index in [1.54, 1.807) is 10.9 Å². The topological polar surface area (TPSA) is 75.9 Å². The van der Waals surface area contributed by atoms with Crippen LogP contribution in [0, 0.1) is 6.92 Å². The zero-order valence-electron chi connectivity index (χ0n) is 20.8. The molecule has 4 aromatic rings. The van der Waals surface area contributed by atoms with Gasteiger partial charge in [-0.1, -0.05) is 37.3 Å². The Labute approximate surface area is 206 Å². The van der Waals surface area contributed by atoms with Crippen molar-refractivity contribution in [2.45, 2.75) is 45.1 Å². The van der Waals surface area contributed by atoms with Gasteiger partial charge >= 0.3 is 0 Å². The summed E-state index contributed by atoms with van der Waals surface area (Å²) in [6.45, 7) is 4.59. The highest BCUT2D eigenvalue weighted by Gasteiger charge is 2.29. The number of benzene rings is 1. The van der Waals surface area contributed by atoms with Gasteiger partial charge < -0.3 is 10.2 Å². The summed E-state index contributed by atoms with van der Waals surface area (Å²) in [5.41, 5.74) is 5.54. The van der Waals surface area contributed by atoms with Crippen molar-refractivity contribution < 1.29 is 4.79 Å². The molecule has 3 heterocycles. The molecule has 3 aromatic heterocycles. The van der Waals surface area contributed by atoms with E-state index in [0.717, 1.165) is 36.0 Å². The highest BCUT2D eigenvalue weighted by Crippen LogP contribution is 2.40. The fourth-order valence-corrected chi connectivity index (χ4v) is 4.57. The summed E-state index contributed by atoms with van der Waals surface area (Å²) in [6, 6.07) is 16.4. The molecule has 0 bridgehead atoms. The number of aromatic nitrogens is 4. The van der Waals surface area contributed by atoms with Crippen molar-refractivity contribution >= 4 is 16.9 Å². The number of fused-ring (bicyclic) bond motifs is 1. The Morgan fingerprint density at radius 2 is 1.94 bits per heavy atom. The lowest BCUT2D eigenvalue weighted by Crippen LogP contribution is -2.34. The van der Waals surface area contributed by atoms with Gasteiger partial charge in [-0.3, -0.25) is 4.79 Å². The van der Waals surface area contributed by atoms with Crippen LogP contribution in [-0.4, -0.2) is 51.2 Å². The molecule has 180 valence electrons. The monoisotopic (exact) mass is 468 g/mol. The molecule has 1 saturated carbocycles. The van der Waals surface area contributed by atoms with Crippen LogP contribution >= 0.6 is 0 Å². The summed E-state index contributed by atoms with van der Waals surface area (Å²) >= 11 is 0. The van der Waals surface area contributed by atoms with Crippen molar-refractivity contribution in [2.75, 3.05) is 20.6 Å². The first-order chi connectivity index (χ1) is 17.0. The number of nitrogens with one attached hydrogen (secondary N) is 1. The Morgan fingerprint density at radius 1 is 1.17 bits per heavy atom. The molecule has 1 fully saturated rings. The van der Waals surface area contributed by atoms with Crippen LogP contribution in [-0.2, 0) is 6.42 Å². The molecule has 1 aliphatic carbocycles. The number of carbonyl (C=O) groups excluding carboxylic acids is 1. The van der Waals surface area contributed by atoms with E-state index in [4.69, 9.17) is 10.1 Å². The molecular formula is C28H32N6O. The van der Waals surface area contributed by atoms with Gasteiger partial charge in [0.25, 0.3) is 5.91 Å². The molecule has 1 aromatic carbocycles. The van der Waals surface area contributed by atoms with Gasteiger partial charge in [-0.2, -0.15) is 9.78 Å². The summed E-state index contributed by atoms with van der Waals surface area (Å²) in [7, 11) is 4.09. The smallest absolute Gasteiger partial charge is 0.252 e. The maximum Gasteiger partial charge on any atom is 0.252 e. The second-order valence-electron chi connectivity index (χ2n) is 9.54. The standard InChI is InChI=1S/C28H32N6O/c1-5-19-9-11-21(12-10-19)24(33(3)4)17-30-28(35)22-16-23(20-13-14-20)31-27-26(22)18(2)32-34(27)25-8-6-7-15-29-25/h6-12,15-16,20,24H,5,13-14,17H2,1-4H3,(H,30,35). The van der Waals surface area contributed by atoms with E-state index < -0.39 is 0 Å². The van der Waals surface area contributed by atoms with Gasteiger partial charge in [-0.15, -0.1) is 0 Å². The largest absolute Gasteiger partial charge is 0.350 e. The third-order valence-corrected chi connectivity index (χ3v) is 6.79. The molecule has 7 heteroatoms. The van der Waals surface area contributed by atoms with E-state index in [9.17, 15) is 4.79 Å². The molecule has 0 aliphatic heterocycles. The van der Waals surface area contributed by atoms with Crippen molar-refractivity contribution in [2.24, 2.45) is 0 Å². The molecule has 0 saturated heterocycles. The molecule has 35 heavy (non-hydrogen) atoms. The van der Waals surface area contributed by atoms with Gasteiger partial charge in [0, 0.05) is 24.4 Å². The minimum atomic E-state index is -0.0972. The Balaban J connectivity index is 1.48. The van der Waals surface area contributed by atoms with E-state index in [1.165, 1.54) is 11.1 Å². The summed E-state index contributed by atoms with van der Waals surface area (Å²) in [6.07, 6.45) is 4.96. The molecule has 1 N–H and O–H groups in total. The third-order valence-electron chi connectivity index (χ3n) is 6.79. The van der Waals surface area contributed by atoms with Gasteiger partial charge in [0.15, 0.2) is 11.5 Å². The fraction of sp³-hybridized carbons (Fsp3) is 0.357. The average Bonchev–Trinajstić information content (AvgIpc) is 3.68. The first-order valence-electron chi connectivity index (χ1n) is 12.3. The predicted molar refractivity (Wildman–Crippen MR) is 138 cm³/mol. The van der Waals surface area contributed by atoms with Crippen LogP contribution in [0.25, 0.3) is 16.9 Å². The van der Waals surface area contributed by atoms with Crippen molar-refractivity contribution in [3.05, 3.63) is 82.8 Å². The highest BCUT2D eigenvalue weighted by atomic mass is 16.1. The number of rotatable bonds is 8. The molecule has 1 amide bonds. The van der Waals surface area contributed by atoms with Crippen LogP contribution in [0.5, 0.6) is 0 Å². The molecule has 0 spiro atoms. The Bertz CT molecular complexity index is 1340. The molecule has 5 rings (SSSR count). The van der Waals surface area contributed by atoms with Gasteiger partial charge in [-0.05, 0) is 69.6 Å². The normalized spacial score (nSPS) is 14.4. The van der Waals surface area contributed by atoms with Crippen molar-refractivity contribution in [3.8, 4) is 5.82 Å². The Morgan fingerprint density at radius 3 is 2.57 bits per heavy atom. The van der Waals surface area contributed by atoms with Crippen LogP contribution in [0.1, 0.15) is 64.6 Å². The van der Waals surface area contributed by atoms with Crippen LogP contribution < -0.4 is 5.32 Å². The van der Waals surface area contributed by atoms with E-state index in [-0.39, 0.29) is 11.9 Å². The summed E-state index contributed by atoms with van der Waals surface area (Å²) < 4.78 is 1.76. The van der Waals surface area contributed by atoms with E-state index in [0.29, 0.717) is 29.5 Å². The first kappa shape index (κ1) is 23.2. The van der Waals surface area contributed by atoms with Crippen molar-refractivity contribution in [1.82, 2.24) is 30.0 Å². The third kappa shape index (κ3) is 4.68. The number of aryl methyl sites for hydroxylation is 2. The number of hydrogen-bond donors (Lipinski definition) is 1. The lowest BCUT2D eigenvalue weighted by Gasteiger charge is -2.25. The van der Waals surface area contributed by atoms with Crippen molar-refractivity contribution in [3.63, 3.8) is 0 Å². The first-order valence-corrected chi connectivity index (χ1v) is 12.3. The summed E-state index contributed by atoms with van der Waals surface area (Å²) in [4.78, 5) is 25.1. The van der Waals surface area contributed by atoms with Gasteiger partial charge in [0.2, 0.25) is 0 Å². The number of nitrogens with zero attached hydrogens (tertiary/aromatic N) is 5. The summed E-state index contributed by atoms with van der Waals surface area (Å²) in [5, 5.41) is 8.70. The quantitative estimate of drug-likeness (QED) is 0.409. The maximum absolute atomic E-state index is 13.6. The minimum absolute atomic E-state index is 0.0717. The van der Waals surface area contributed by atoms with Crippen molar-refractivity contribution in [1.29, 1.82) is 0 Å². The van der Waals surface area contributed by atoms with E-state index >= 15 is 0 Å². The SMILES string of the molecule is CCc1ccc(C(CNC(=O)c2cc(C3CC3)nc3c2c(C)nn3-c2ccccn2)N(C)C)cc1. The number of hydrogen-bond acceptors (Lipinski definition) is 5. The van der Waals surface area contributed by atoms with Crippen LogP contribution in [0.2, 0.25) is 0 Å². The van der Waals surface area contributed by atoms with Gasteiger partial charge in [-0.25, -0.2) is 9.97 Å². The number of amides is 1. The maximum atomic E-state index is 13.6. The fourth-order valence-electron chi connectivity index (χ4n) is 4.57. The Hall–Kier alpha value is -3.58. The van der Waals surface area contributed by atoms with Crippen LogP contribution in [0.4, 0.5) is 0 Å².